The van der Waals surface area contributed by atoms with Crippen LogP contribution in [0.4, 0.5) is 4.79 Å². The van der Waals surface area contributed by atoms with E-state index >= 15 is 0 Å². The van der Waals surface area contributed by atoms with Gasteiger partial charge in [0.05, 0.1) is 13.2 Å². The molecule has 0 amide bonds. The van der Waals surface area contributed by atoms with Crippen LogP contribution in [0.25, 0.3) is 0 Å². The van der Waals surface area contributed by atoms with E-state index in [2.05, 4.69) is 149 Å². The van der Waals surface area contributed by atoms with Gasteiger partial charge < -0.3 is 9.47 Å². The smallest absolute Gasteiger partial charge is 0.434 e. The van der Waals surface area contributed by atoms with Crippen molar-refractivity contribution in [3.63, 3.8) is 0 Å². The summed E-state index contributed by atoms with van der Waals surface area (Å²) in [7, 11) is 0. The quantitative estimate of drug-likeness (QED) is 0.0569. The first-order valence-corrected chi connectivity index (χ1v) is 19.0. The van der Waals surface area contributed by atoms with Crippen molar-refractivity contribution in [2.75, 3.05) is 13.2 Å². The van der Waals surface area contributed by atoms with Crippen molar-refractivity contribution in [1.82, 2.24) is 0 Å². The first-order valence-electron chi connectivity index (χ1n) is 19.0. The fourth-order valence-electron chi connectivity index (χ4n) is 4.63. The molecule has 0 radical (unpaired) electrons. The predicted molar refractivity (Wildman–Crippen MR) is 212 cm³/mol. The van der Waals surface area contributed by atoms with Crippen LogP contribution in [-0.4, -0.2) is 19.4 Å². The van der Waals surface area contributed by atoms with E-state index in [0.717, 1.165) is 103 Å². The molecule has 48 heavy (non-hydrogen) atoms. The zero-order valence-electron chi connectivity index (χ0n) is 31.2. The minimum absolute atomic E-state index is 0.358. The average molecular weight is 659 g/mol. The minimum Gasteiger partial charge on any atom is -0.434 e. The summed E-state index contributed by atoms with van der Waals surface area (Å²) in [6, 6.07) is 0. The van der Waals surface area contributed by atoms with Gasteiger partial charge in [-0.25, -0.2) is 4.79 Å². The Balaban J connectivity index is 3.95. The molecule has 0 aromatic heterocycles. The highest BCUT2D eigenvalue weighted by atomic mass is 16.7. The van der Waals surface area contributed by atoms with Crippen LogP contribution in [0.15, 0.2) is 122 Å². The summed E-state index contributed by atoms with van der Waals surface area (Å²) >= 11 is 0. The Labute approximate surface area is 296 Å². The van der Waals surface area contributed by atoms with Crippen LogP contribution in [-0.2, 0) is 9.47 Å². The Hall–Kier alpha value is -3.33. The third-order valence-electron chi connectivity index (χ3n) is 7.83. The monoisotopic (exact) mass is 659 g/mol. The second kappa shape index (κ2) is 38.1. The molecule has 0 aromatic rings. The highest BCUT2D eigenvalue weighted by molar-refractivity contribution is 5.59. The molecule has 0 spiro atoms. The van der Waals surface area contributed by atoms with Gasteiger partial charge in [0, 0.05) is 0 Å². The number of hydrogen-bond acceptors (Lipinski definition) is 3. The van der Waals surface area contributed by atoms with Crippen LogP contribution in [0, 0.1) is 11.8 Å². The van der Waals surface area contributed by atoms with Crippen LogP contribution < -0.4 is 0 Å². The lowest BCUT2D eigenvalue weighted by Gasteiger charge is -2.16. The van der Waals surface area contributed by atoms with Crippen molar-refractivity contribution >= 4 is 6.16 Å². The third kappa shape index (κ3) is 34.0. The molecule has 0 saturated heterocycles. The van der Waals surface area contributed by atoms with E-state index in [1.54, 1.807) is 0 Å². The van der Waals surface area contributed by atoms with Gasteiger partial charge in [0.2, 0.25) is 0 Å². The SMILES string of the molecule is CC/C=C\C/C=C\C/C=C\C/C=C\C/C=C\CCC(CC)COC(=O)OCC(CC)CC/C=C\C/C=C\C/C=C\C/C=C\C/C=C\CC. The molecule has 0 rings (SSSR count). The molecule has 0 fully saturated rings. The van der Waals surface area contributed by atoms with Crippen LogP contribution in [0.1, 0.15) is 130 Å². The van der Waals surface area contributed by atoms with Crippen LogP contribution >= 0.6 is 0 Å². The zero-order valence-corrected chi connectivity index (χ0v) is 31.2. The topological polar surface area (TPSA) is 35.5 Å². The molecular weight excluding hydrogens is 588 g/mol. The Bertz CT molecular complexity index is 935. The van der Waals surface area contributed by atoms with Crippen molar-refractivity contribution in [3.8, 4) is 0 Å². The second-order valence-electron chi connectivity index (χ2n) is 12.0. The van der Waals surface area contributed by atoms with Gasteiger partial charge in [0.25, 0.3) is 0 Å². The van der Waals surface area contributed by atoms with E-state index in [9.17, 15) is 4.79 Å². The van der Waals surface area contributed by atoms with Crippen molar-refractivity contribution in [2.45, 2.75) is 130 Å². The molecule has 0 N–H and O–H groups in total. The molecule has 0 heterocycles. The van der Waals surface area contributed by atoms with Gasteiger partial charge in [-0.3, -0.25) is 0 Å². The van der Waals surface area contributed by atoms with E-state index in [1.807, 2.05) is 0 Å². The maximum Gasteiger partial charge on any atom is 0.508 e. The summed E-state index contributed by atoms with van der Waals surface area (Å²) in [6.07, 6.45) is 60.0. The number of carbonyl (C=O) groups is 1. The molecule has 0 aliphatic rings. The Morgan fingerprint density at radius 1 is 0.396 bits per heavy atom. The van der Waals surface area contributed by atoms with Crippen LogP contribution in [0.3, 0.4) is 0 Å². The summed E-state index contributed by atoms with van der Waals surface area (Å²) in [5.41, 5.74) is 0. The third-order valence-corrected chi connectivity index (χ3v) is 7.83. The fourth-order valence-corrected chi connectivity index (χ4v) is 4.63. The zero-order chi connectivity index (χ0) is 35.0. The van der Waals surface area contributed by atoms with Gasteiger partial charge in [0.15, 0.2) is 0 Å². The molecule has 3 nitrogen and oxygen atoms in total. The predicted octanol–water partition coefficient (Wildman–Crippen LogP) is 14.3. The number of rotatable bonds is 30. The number of hydrogen-bond donors (Lipinski definition) is 0. The summed E-state index contributed by atoms with van der Waals surface area (Å²) in [6.45, 7) is 9.48. The van der Waals surface area contributed by atoms with E-state index in [-0.39, 0.29) is 0 Å². The first kappa shape index (κ1) is 44.7. The Kier molecular flexibility index (Phi) is 35.5. The summed E-state index contributed by atoms with van der Waals surface area (Å²) in [5.74, 6) is 0.716. The second-order valence-corrected chi connectivity index (χ2v) is 12.0. The van der Waals surface area contributed by atoms with Gasteiger partial charge in [-0.1, -0.05) is 162 Å². The standard InChI is InChI=1S/C45H70O3/c1-5-9-11-13-15-17-19-21-23-25-27-29-31-33-35-37-39-43(7-3)41-47-45(46)48-42-44(8-4)40-38-36-34-32-30-28-26-24-22-20-18-16-14-12-10-6-2/h9-12,15-18,21-24,27-30,33-36,43-44H,5-8,13-14,19-20,25-26,31-32,37-42H2,1-4H3/b11-9-,12-10-,17-15-,18-16-,23-21-,24-22-,29-27-,30-28-,35-33-,36-34-. The van der Waals surface area contributed by atoms with E-state index in [4.69, 9.17) is 9.47 Å². The Morgan fingerprint density at radius 3 is 0.896 bits per heavy atom. The molecule has 0 aliphatic carbocycles. The van der Waals surface area contributed by atoms with Crippen molar-refractivity contribution in [1.29, 1.82) is 0 Å². The summed E-state index contributed by atoms with van der Waals surface area (Å²) in [5, 5.41) is 0. The van der Waals surface area contributed by atoms with E-state index in [0.29, 0.717) is 25.0 Å². The largest absolute Gasteiger partial charge is 0.508 e. The molecule has 0 aromatic carbocycles. The van der Waals surface area contributed by atoms with Gasteiger partial charge in [0.1, 0.15) is 0 Å². The lowest BCUT2D eigenvalue weighted by Crippen LogP contribution is -2.18. The van der Waals surface area contributed by atoms with Crippen molar-refractivity contribution in [3.05, 3.63) is 122 Å². The highest BCUT2D eigenvalue weighted by Gasteiger charge is 2.13. The maximum absolute atomic E-state index is 12.2. The minimum atomic E-state index is -0.531. The average Bonchev–Trinajstić information content (AvgIpc) is 3.10. The van der Waals surface area contributed by atoms with Crippen molar-refractivity contribution in [2.24, 2.45) is 11.8 Å². The highest BCUT2D eigenvalue weighted by Crippen LogP contribution is 2.15. The van der Waals surface area contributed by atoms with Gasteiger partial charge in [-0.05, 0) is 102 Å². The summed E-state index contributed by atoms with van der Waals surface area (Å²) < 4.78 is 10.9. The normalized spacial score (nSPS) is 14.4. The number of carbonyl (C=O) groups excluding carboxylic acids is 1. The summed E-state index contributed by atoms with van der Waals surface area (Å²) in [4.78, 5) is 12.2. The van der Waals surface area contributed by atoms with Gasteiger partial charge >= 0.3 is 6.16 Å². The van der Waals surface area contributed by atoms with Crippen LogP contribution in [0.5, 0.6) is 0 Å². The molecule has 2 unspecified atom stereocenters. The lowest BCUT2D eigenvalue weighted by atomic mass is 10.0. The molecule has 3 heteroatoms. The molecule has 268 valence electrons. The van der Waals surface area contributed by atoms with Gasteiger partial charge in [-0.15, -0.1) is 0 Å². The van der Waals surface area contributed by atoms with Gasteiger partial charge in [-0.2, -0.15) is 0 Å². The maximum atomic E-state index is 12.2. The van der Waals surface area contributed by atoms with Crippen LogP contribution in [0.2, 0.25) is 0 Å². The Morgan fingerprint density at radius 2 is 0.646 bits per heavy atom. The van der Waals surface area contributed by atoms with E-state index < -0.39 is 6.16 Å². The molecule has 2 atom stereocenters. The first-order chi connectivity index (χ1) is 23.7. The molecule has 0 bridgehead atoms. The fraction of sp³-hybridized carbons (Fsp3) is 0.533. The molecule has 0 saturated carbocycles. The number of ether oxygens (including phenoxy) is 2. The lowest BCUT2D eigenvalue weighted by molar-refractivity contribution is 0.0322. The molecular formula is C45H70O3. The van der Waals surface area contributed by atoms with Crippen molar-refractivity contribution < 1.29 is 14.3 Å². The molecule has 0 aliphatic heterocycles. The van der Waals surface area contributed by atoms with E-state index in [1.165, 1.54) is 0 Å². The number of allylic oxidation sites excluding steroid dienone is 20.